The van der Waals surface area contributed by atoms with Crippen LogP contribution in [0.2, 0.25) is 0 Å². The number of rotatable bonds is 2. The molecule has 1 amide bonds. The van der Waals surface area contributed by atoms with Crippen LogP contribution < -0.4 is 0 Å². The minimum Gasteiger partial charge on any atom is -0.343 e. The monoisotopic (exact) mass is 207 g/mol. The smallest absolute Gasteiger partial charge is 0.265 e. The second kappa shape index (κ2) is 3.63. The highest BCUT2D eigenvalue weighted by Crippen LogP contribution is 2.14. The molecular formula is C7H13NO4S. The van der Waals surface area contributed by atoms with Crippen LogP contribution >= 0.6 is 0 Å². The molecule has 0 aromatic rings. The standard InChI is InChI=1S/C7H13NO4S/c1-8-5-3-4-6(7(8)9)12-13(2,10)11/h6H,3-5H2,1-2H3. The van der Waals surface area contributed by atoms with E-state index < -0.39 is 16.2 Å². The van der Waals surface area contributed by atoms with Gasteiger partial charge in [-0.2, -0.15) is 8.42 Å². The molecule has 0 saturated carbocycles. The molecule has 1 rings (SSSR count). The number of likely N-dealkylation sites (N-methyl/N-ethyl adjacent to an activating group) is 1. The molecule has 0 aliphatic carbocycles. The average molecular weight is 207 g/mol. The van der Waals surface area contributed by atoms with E-state index in [2.05, 4.69) is 4.18 Å². The van der Waals surface area contributed by atoms with Gasteiger partial charge in [-0.15, -0.1) is 0 Å². The van der Waals surface area contributed by atoms with Crippen molar-refractivity contribution in [2.75, 3.05) is 19.8 Å². The molecule has 1 unspecified atom stereocenters. The summed E-state index contributed by atoms with van der Waals surface area (Å²) < 4.78 is 26.2. The largest absolute Gasteiger partial charge is 0.343 e. The Bertz CT molecular complexity index is 298. The number of piperidine rings is 1. The summed E-state index contributed by atoms with van der Waals surface area (Å²) in [5.74, 6) is -0.253. The highest BCUT2D eigenvalue weighted by atomic mass is 32.2. The van der Waals surface area contributed by atoms with Gasteiger partial charge in [-0.1, -0.05) is 0 Å². The van der Waals surface area contributed by atoms with Crippen LogP contribution in [0.25, 0.3) is 0 Å². The summed E-state index contributed by atoms with van der Waals surface area (Å²) in [5, 5.41) is 0. The molecule has 1 fully saturated rings. The van der Waals surface area contributed by atoms with E-state index in [4.69, 9.17) is 0 Å². The Morgan fingerprint density at radius 1 is 1.54 bits per heavy atom. The third kappa shape index (κ3) is 2.96. The Balaban J connectivity index is 2.65. The van der Waals surface area contributed by atoms with E-state index in [1.165, 1.54) is 4.90 Å². The van der Waals surface area contributed by atoms with Crippen LogP contribution in [0.3, 0.4) is 0 Å². The Hall–Kier alpha value is -0.620. The Morgan fingerprint density at radius 2 is 2.15 bits per heavy atom. The molecule has 1 heterocycles. The van der Waals surface area contributed by atoms with Gasteiger partial charge in [-0.05, 0) is 12.8 Å². The number of amides is 1. The van der Waals surface area contributed by atoms with Crippen LogP contribution in [0.4, 0.5) is 0 Å². The first-order valence-corrected chi connectivity index (χ1v) is 5.85. The van der Waals surface area contributed by atoms with Gasteiger partial charge >= 0.3 is 0 Å². The second-order valence-electron chi connectivity index (χ2n) is 3.19. The van der Waals surface area contributed by atoms with Crippen LogP contribution in [0.1, 0.15) is 12.8 Å². The number of hydrogen-bond acceptors (Lipinski definition) is 4. The first kappa shape index (κ1) is 10.5. The molecule has 0 aromatic carbocycles. The molecule has 1 atom stereocenters. The molecule has 6 heteroatoms. The maximum absolute atomic E-state index is 11.3. The quantitative estimate of drug-likeness (QED) is 0.577. The Morgan fingerprint density at radius 3 is 2.69 bits per heavy atom. The predicted molar refractivity (Wildman–Crippen MR) is 46.6 cm³/mol. The highest BCUT2D eigenvalue weighted by Gasteiger charge is 2.29. The fourth-order valence-electron chi connectivity index (χ4n) is 1.29. The van der Waals surface area contributed by atoms with Crippen molar-refractivity contribution in [2.45, 2.75) is 18.9 Å². The third-order valence-corrected chi connectivity index (χ3v) is 2.48. The molecular weight excluding hydrogens is 194 g/mol. The molecule has 0 N–H and O–H groups in total. The minimum absolute atomic E-state index is 0.253. The summed E-state index contributed by atoms with van der Waals surface area (Å²) in [5.41, 5.74) is 0. The predicted octanol–water partition coefficient (Wildman–Crippen LogP) is -0.417. The summed E-state index contributed by atoms with van der Waals surface area (Å²) in [6.45, 7) is 0.669. The molecule has 1 aliphatic rings. The highest BCUT2D eigenvalue weighted by molar-refractivity contribution is 7.86. The lowest BCUT2D eigenvalue weighted by Gasteiger charge is -2.27. The average Bonchev–Trinajstić information content (AvgIpc) is 1.96. The van der Waals surface area contributed by atoms with Gasteiger partial charge in [0.15, 0.2) is 6.10 Å². The Labute approximate surface area is 77.8 Å². The van der Waals surface area contributed by atoms with Gasteiger partial charge in [0.2, 0.25) is 0 Å². The first-order chi connectivity index (χ1) is 5.90. The molecule has 13 heavy (non-hydrogen) atoms. The lowest BCUT2D eigenvalue weighted by atomic mass is 10.1. The van der Waals surface area contributed by atoms with Gasteiger partial charge in [-0.25, -0.2) is 0 Å². The van der Waals surface area contributed by atoms with Gasteiger partial charge in [0, 0.05) is 13.6 Å². The number of carbonyl (C=O) groups is 1. The number of likely N-dealkylation sites (tertiary alicyclic amines) is 1. The molecule has 0 radical (unpaired) electrons. The van der Waals surface area contributed by atoms with Gasteiger partial charge in [0.05, 0.1) is 6.26 Å². The second-order valence-corrected chi connectivity index (χ2v) is 4.79. The van der Waals surface area contributed by atoms with E-state index in [0.717, 1.165) is 12.7 Å². The van der Waals surface area contributed by atoms with Crippen molar-refractivity contribution in [3.63, 3.8) is 0 Å². The fourth-order valence-corrected chi connectivity index (χ4v) is 1.89. The first-order valence-electron chi connectivity index (χ1n) is 4.03. The van der Waals surface area contributed by atoms with Crippen LogP contribution in [-0.4, -0.2) is 45.2 Å². The Kier molecular flexibility index (Phi) is 2.92. The molecule has 0 aromatic heterocycles. The molecule has 5 nitrogen and oxygen atoms in total. The summed E-state index contributed by atoms with van der Waals surface area (Å²) >= 11 is 0. The zero-order valence-electron chi connectivity index (χ0n) is 7.69. The van der Waals surface area contributed by atoms with Crippen molar-refractivity contribution in [1.82, 2.24) is 4.90 Å². The van der Waals surface area contributed by atoms with Crippen molar-refractivity contribution < 1.29 is 17.4 Å². The van der Waals surface area contributed by atoms with Crippen LogP contribution in [0.15, 0.2) is 0 Å². The van der Waals surface area contributed by atoms with Crippen molar-refractivity contribution in [3.8, 4) is 0 Å². The maximum atomic E-state index is 11.3. The third-order valence-electron chi connectivity index (χ3n) is 1.90. The van der Waals surface area contributed by atoms with E-state index in [-0.39, 0.29) is 5.91 Å². The van der Waals surface area contributed by atoms with Crippen molar-refractivity contribution in [2.24, 2.45) is 0 Å². The summed E-state index contributed by atoms with van der Waals surface area (Å²) in [7, 11) is -1.89. The number of nitrogens with zero attached hydrogens (tertiary/aromatic N) is 1. The summed E-state index contributed by atoms with van der Waals surface area (Å²) in [6, 6.07) is 0. The number of carbonyl (C=O) groups excluding carboxylic acids is 1. The fraction of sp³-hybridized carbons (Fsp3) is 0.857. The minimum atomic E-state index is -3.53. The van der Waals surface area contributed by atoms with Crippen molar-refractivity contribution in [3.05, 3.63) is 0 Å². The summed E-state index contributed by atoms with van der Waals surface area (Å²) in [6.07, 6.45) is 1.40. The number of hydrogen-bond donors (Lipinski definition) is 0. The van der Waals surface area contributed by atoms with E-state index in [1.807, 2.05) is 0 Å². The zero-order valence-corrected chi connectivity index (χ0v) is 8.50. The molecule has 1 saturated heterocycles. The normalized spacial score (nSPS) is 24.9. The topological polar surface area (TPSA) is 63.7 Å². The lowest BCUT2D eigenvalue weighted by molar-refractivity contribution is -0.140. The van der Waals surface area contributed by atoms with Gasteiger partial charge in [-0.3, -0.25) is 8.98 Å². The molecule has 1 aliphatic heterocycles. The van der Waals surface area contributed by atoms with Crippen molar-refractivity contribution >= 4 is 16.0 Å². The maximum Gasteiger partial charge on any atom is 0.265 e. The molecule has 0 spiro atoms. The SMILES string of the molecule is CN1CCCC(OS(C)(=O)=O)C1=O. The van der Waals surface area contributed by atoms with E-state index in [1.54, 1.807) is 7.05 Å². The molecule has 0 bridgehead atoms. The van der Waals surface area contributed by atoms with Gasteiger partial charge in [0.1, 0.15) is 0 Å². The van der Waals surface area contributed by atoms with Crippen molar-refractivity contribution in [1.29, 1.82) is 0 Å². The van der Waals surface area contributed by atoms with Crippen LogP contribution in [-0.2, 0) is 19.1 Å². The van der Waals surface area contributed by atoms with E-state index >= 15 is 0 Å². The molecule has 76 valence electrons. The van der Waals surface area contributed by atoms with Gasteiger partial charge in [0.25, 0.3) is 16.0 Å². The summed E-state index contributed by atoms with van der Waals surface area (Å²) in [4.78, 5) is 12.8. The lowest BCUT2D eigenvalue weighted by Crippen LogP contribution is -2.43. The van der Waals surface area contributed by atoms with Crippen LogP contribution in [0.5, 0.6) is 0 Å². The van der Waals surface area contributed by atoms with Crippen LogP contribution in [0, 0.1) is 0 Å². The van der Waals surface area contributed by atoms with Gasteiger partial charge < -0.3 is 4.90 Å². The van der Waals surface area contributed by atoms with E-state index in [9.17, 15) is 13.2 Å². The van der Waals surface area contributed by atoms with E-state index in [0.29, 0.717) is 13.0 Å². The zero-order chi connectivity index (χ0) is 10.1.